The summed E-state index contributed by atoms with van der Waals surface area (Å²) in [5.41, 5.74) is 1.01. The van der Waals surface area contributed by atoms with E-state index in [9.17, 15) is 4.79 Å². The topological polar surface area (TPSA) is 40.5 Å². The maximum atomic E-state index is 11.7. The second-order valence-electron chi connectivity index (χ2n) is 4.67. The zero-order valence-corrected chi connectivity index (χ0v) is 12.1. The van der Waals surface area contributed by atoms with E-state index in [-0.39, 0.29) is 12.5 Å². The van der Waals surface area contributed by atoms with E-state index in [1.165, 1.54) is 0 Å². The number of ether oxygens (including phenoxy) is 2. The number of aromatic nitrogens is 1. The molecule has 2 aromatic rings. The fourth-order valence-electron chi connectivity index (χ4n) is 2.09. The monoisotopic (exact) mass is 275 g/mol. The Hall–Kier alpha value is -1.97. The number of fused-ring (bicyclic) bond motifs is 1. The van der Waals surface area contributed by atoms with E-state index in [0.717, 1.165) is 29.5 Å². The maximum Gasteiger partial charge on any atom is 0.325 e. The minimum atomic E-state index is -0.190. The zero-order chi connectivity index (χ0) is 14.4. The van der Waals surface area contributed by atoms with Crippen molar-refractivity contribution in [1.82, 2.24) is 4.57 Å². The Morgan fingerprint density at radius 2 is 2.10 bits per heavy atom. The van der Waals surface area contributed by atoms with Gasteiger partial charge in [0.1, 0.15) is 12.3 Å². The minimum absolute atomic E-state index is 0.190. The first-order valence-corrected chi connectivity index (χ1v) is 7.12. The van der Waals surface area contributed by atoms with Crippen molar-refractivity contribution < 1.29 is 14.3 Å². The number of unbranched alkanes of at least 4 members (excludes halogenated alkanes) is 1. The molecular weight excluding hydrogens is 254 g/mol. The summed E-state index contributed by atoms with van der Waals surface area (Å²) in [4.78, 5) is 11.7. The van der Waals surface area contributed by atoms with Crippen LogP contribution in [-0.4, -0.2) is 23.8 Å². The molecule has 4 nitrogen and oxygen atoms in total. The lowest BCUT2D eigenvalue weighted by atomic mass is 10.2. The molecule has 1 aromatic carbocycles. The van der Waals surface area contributed by atoms with Crippen molar-refractivity contribution in [2.75, 3.05) is 13.2 Å². The summed E-state index contributed by atoms with van der Waals surface area (Å²) in [6.45, 7) is 5.44. The quantitative estimate of drug-likeness (QED) is 0.574. The summed E-state index contributed by atoms with van der Waals surface area (Å²) in [7, 11) is 0. The van der Waals surface area contributed by atoms with Crippen LogP contribution in [0.15, 0.2) is 30.5 Å². The second kappa shape index (κ2) is 6.98. The lowest BCUT2D eigenvalue weighted by Gasteiger charge is -2.07. The molecule has 0 N–H and O–H groups in total. The predicted molar refractivity (Wildman–Crippen MR) is 79.0 cm³/mol. The Kier molecular flexibility index (Phi) is 5.04. The van der Waals surface area contributed by atoms with Crippen molar-refractivity contribution in [3.05, 3.63) is 30.5 Å². The first-order chi connectivity index (χ1) is 9.74. The van der Waals surface area contributed by atoms with Crippen molar-refractivity contribution in [3.63, 3.8) is 0 Å². The number of carbonyl (C=O) groups is 1. The van der Waals surface area contributed by atoms with Crippen LogP contribution in [0.25, 0.3) is 10.9 Å². The third-order valence-corrected chi connectivity index (χ3v) is 3.11. The molecule has 0 saturated carbocycles. The number of hydrogen-bond donors (Lipinski definition) is 0. The Bertz CT molecular complexity index is 574. The van der Waals surface area contributed by atoms with Crippen LogP contribution in [0.3, 0.4) is 0 Å². The van der Waals surface area contributed by atoms with Gasteiger partial charge in [-0.3, -0.25) is 4.79 Å². The van der Waals surface area contributed by atoms with Crippen LogP contribution >= 0.6 is 0 Å². The van der Waals surface area contributed by atoms with Gasteiger partial charge in [0, 0.05) is 17.1 Å². The molecule has 108 valence electrons. The average molecular weight is 275 g/mol. The van der Waals surface area contributed by atoms with E-state index < -0.39 is 0 Å². The number of rotatable bonds is 7. The molecule has 0 unspecified atom stereocenters. The summed E-state index contributed by atoms with van der Waals surface area (Å²) >= 11 is 0. The van der Waals surface area contributed by atoms with Gasteiger partial charge in [-0.05, 0) is 37.6 Å². The lowest BCUT2D eigenvalue weighted by molar-refractivity contribution is -0.144. The first kappa shape index (κ1) is 14.4. The van der Waals surface area contributed by atoms with Crippen LogP contribution < -0.4 is 4.74 Å². The van der Waals surface area contributed by atoms with Crippen LogP contribution in [0.5, 0.6) is 5.75 Å². The van der Waals surface area contributed by atoms with E-state index in [1.54, 1.807) is 0 Å². The molecule has 2 rings (SSSR count). The van der Waals surface area contributed by atoms with Crippen molar-refractivity contribution in [2.45, 2.75) is 33.2 Å². The van der Waals surface area contributed by atoms with Crippen molar-refractivity contribution in [2.24, 2.45) is 0 Å². The summed E-state index contributed by atoms with van der Waals surface area (Å²) in [6, 6.07) is 7.86. The fraction of sp³-hybridized carbons (Fsp3) is 0.438. The molecular formula is C16H21NO3. The van der Waals surface area contributed by atoms with Gasteiger partial charge in [0.25, 0.3) is 0 Å². The molecule has 0 spiro atoms. The van der Waals surface area contributed by atoms with Crippen molar-refractivity contribution in [3.8, 4) is 5.75 Å². The standard InChI is InChI=1S/C16H21NO3/c1-3-5-10-20-16(18)12-17-9-8-13-11-14(19-4-2)6-7-15(13)17/h6-9,11H,3-5,10,12H2,1-2H3. The van der Waals surface area contributed by atoms with E-state index in [1.807, 2.05) is 42.0 Å². The summed E-state index contributed by atoms with van der Waals surface area (Å²) < 4.78 is 12.6. The van der Waals surface area contributed by atoms with E-state index in [4.69, 9.17) is 9.47 Å². The molecule has 1 heterocycles. The van der Waals surface area contributed by atoms with Crippen LogP contribution in [0, 0.1) is 0 Å². The maximum absolute atomic E-state index is 11.7. The van der Waals surface area contributed by atoms with Gasteiger partial charge in [-0.25, -0.2) is 0 Å². The molecule has 0 amide bonds. The van der Waals surface area contributed by atoms with E-state index in [0.29, 0.717) is 13.2 Å². The zero-order valence-electron chi connectivity index (χ0n) is 12.1. The number of benzene rings is 1. The van der Waals surface area contributed by atoms with E-state index >= 15 is 0 Å². The second-order valence-corrected chi connectivity index (χ2v) is 4.67. The Labute approximate surface area is 119 Å². The molecule has 0 saturated heterocycles. The van der Waals surface area contributed by atoms with Gasteiger partial charge in [0.2, 0.25) is 0 Å². The predicted octanol–water partition coefficient (Wildman–Crippen LogP) is 3.38. The number of esters is 1. The van der Waals surface area contributed by atoms with Gasteiger partial charge in [-0.2, -0.15) is 0 Å². The Morgan fingerprint density at radius 1 is 1.25 bits per heavy atom. The largest absolute Gasteiger partial charge is 0.494 e. The fourth-order valence-corrected chi connectivity index (χ4v) is 2.09. The molecule has 20 heavy (non-hydrogen) atoms. The van der Waals surface area contributed by atoms with Gasteiger partial charge in [-0.1, -0.05) is 13.3 Å². The first-order valence-electron chi connectivity index (χ1n) is 7.12. The Morgan fingerprint density at radius 3 is 2.85 bits per heavy atom. The number of hydrogen-bond acceptors (Lipinski definition) is 3. The highest BCUT2D eigenvalue weighted by Crippen LogP contribution is 2.22. The molecule has 1 aromatic heterocycles. The highest BCUT2D eigenvalue weighted by atomic mass is 16.5. The minimum Gasteiger partial charge on any atom is -0.494 e. The van der Waals surface area contributed by atoms with E-state index in [2.05, 4.69) is 6.92 Å². The number of carbonyl (C=O) groups excluding carboxylic acids is 1. The highest BCUT2D eigenvalue weighted by molar-refractivity contribution is 5.83. The molecule has 0 aliphatic rings. The van der Waals surface area contributed by atoms with Crippen LogP contribution in [0.2, 0.25) is 0 Å². The summed E-state index contributed by atoms with van der Waals surface area (Å²) in [5.74, 6) is 0.660. The lowest BCUT2D eigenvalue weighted by Crippen LogP contribution is -2.13. The third kappa shape index (κ3) is 3.53. The summed E-state index contributed by atoms with van der Waals surface area (Å²) in [5, 5.41) is 1.07. The molecule has 0 atom stereocenters. The smallest absolute Gasteiger partial charge is 0.325 e. The van der Waals surface area contributed by atoms with Crippen LogP contribution in [-0.2, 0) is 16.1 Å². The third-order valence-electron chi connectivity index (χ3n) is 3.11. The highest BCUT2D eigenvalue weighted by Gasteiger charge is 2.08. The SMILES string of the molecule is CCCCOC(=O)Cn1ccc2cc(OCC)ccc21. The molecule has 0 radical (unpaired) electrons. The van der Waals surface area contributed by atoms with Gasteiger partial charge in [0.15, 0.2) is 0 Å². The number of nitrogens with zero attached hydrogens (tertiary/aromatic N) is 1. The van der Waals surface area contributed by atoms with Gasteiger partial charge >= 0.3 is 5.97 Å². The van der Waals surface area contributed by atoms with Crippen molar-refractivity contribution in [1.29, 1.82) is 0 Å². The average Bonchev–Trinajstić information content (AvgIpc) is 2.82. The molecule has 0 aliphatic heterocycles. The molecule has 0 bridgehead atoms. The normalized spacial score (nSPS) is 10.7. The van der Waals surface area contributed by atoms with Crippen LogP contribution in [0.4, 0.5) is 0 Å². The van der Waals surface area contributed by atoms with Crippen LogP contribution in [0.1, 0.15) is 26.7 Å². The summed E-state index contributed by atoms with van der Waals surface area (Å²) in [6.07, 6.45) is 3.84. The molecule has 4 heteroatoms. The Balaban J connectivity index is 2.05. The van der Waals surface area contributed by atoms with Gasteiger partial charge in [0.05, 0.1) is 13.2 Å². The van der Waals surface area contributed by atoms with Gasteiger partial charge < -0.3 is 14.0 Å². The molecule has 0 aliphatic carbocycles. The van der Waals surface area contributed by atoms with Crippen molar-refractivity contribution >= 4 is 16.9 Å². The molecule has 0 fully saturated rings. The van der Waals surface area contributed by atoms with Gasteiger partial charge in [-0.15, -0.1) is 0 Å².